The van der Waals surface area contributed by atoms with Crippen molar-refractivity contribution in [2.24, 2.45) is 0 Å². The van der Waals surface area contributed by atoms with Gasteiger partial charge in [0, 0.05) is 31.4 Å². The number of fused-ring (bicyclic) bond motifs is 4. The average Bonchev–Trinajstić information content (AvgIpc) is 3.48. The molecule has 2 amide bonds. The van der Waals surface area contributed by atoms with Crippen molar-refractivity contribution in [3.8, 4) is 11.3 Å². The molecule has 10 nitrogen and oxygen atoms in total. The molecule has 3 saturated heterocycles. The normalized spacial score (nSPS) is 25.2. The molecular formula is C27H29N7O3. The molecule has 6 heterocycles. The number of aromatic nitrogens is 3. The predicted molar refractivity (Wildman–Crippen MR) is 136 cm³/mol. The minimum atomic E-state index is 0.0415. The maximum atomic E-state index is 13.7. The summed E-state index contributed by atoms with van der Waals surface area (Å²) in [5.41, 5.74) is 6.95. The number of benzene rings is 1. The molecule has 4 aliphatic heterocycles. The van der Waals surface area contributed by atoms with E-state index in [-0.39, 0.29) is 24.2 Å². The van der Waals surface area contributed by atoms with E-state index in [0.29, 0.717) is 56.4 Å². The van der Waals surface area contributed by atoms with Crippen LogP contribution in [-0.4, -0.2) is 82.4 Å². The summed E-state index contributed by atoms with van der Waals surface area (Å²) in [6, 6.07) is 4.93. The Kier molecular flexibility index (Phi) is 5.57. The zero-order chi connectivity index (χ0) is 24.9. The fourth-order valence-electron chi connectivity index (χ4n) is 6.29. The van der Waals surface area contributed by atoms with Crippen molar-refractivity contribution in [3.05, 3.63) is 52.6 Å². The average molecular weight is 500 g/mol. The summed E-state index contributed by atoms with van der Waals surface area (Å²) in [4.78, 5) is 33.7. The molecule has 3 atom stereocenters. The molecule has 2 bridgehead atoms. The maximum absolute atomic E-state index is 13.7. The highest BCUT2D eigenvalue weighted by Gasteiger charge is 2.42. The van der Waals surface area contributed by atoms with Crippen molar-refractivity contribution < 1.29 is 14.3 Å². The van der Waals surface area contributed by atoms with Crippen LogP contribution in [0.5, 0.6) is 0 Å². The van der Waals surface area contributed by atoms with Gasteiger partial charge in [-0.25, -0.2) is 14.6 Å². The van der Waals surface area contributed by atoms with E-state index in [9.17, 15) is 4.79 Å². The third-order valence-corrected chi connectivity index (χ3v) is 8.18. The van der Waals surface area contributed by atoms with Gasteiger partial charge < -0.3 is 29.6 Å². The Hall–Kier alpha value is -3.52. The molecule has 0 radical (unpaired) electrons. The second-order valence-corrected chi connectivity index (χ2v) is 10.3. The molecule has 1 aromatic carbocycles. The molecule has 190 valence electrons. The first-order valence-corrected chi connectivity index (χ1v) is 13.0. The van der Waals surface area contributed by atoms with Gasteiger partial charge in [0.05, 0.1) is 63.0 Å². The van der Waals surface area contributed by atoms with Crippen molar-refractivity contribution in [1.29, 1.82) is 0 Å². The molecule has 2 aromatic heterocycles. The van der Waals surface area contributed by atoms with Crippen LogP contribution in [0, 0.1) is 6.57 Å². The molecular weight excluding hydrogens is 470 g/mol. The van der Waals surface area contributed by atoms with Crippen LogP contribution in [0.25, 0.3) is 27.3 Å². The van der Waals surface area contributed by atoms with Crippen LogP contribution in [0.3, 0.4) is 0 Å². The van der Waals surface area contributed by atoms with Crippen LogP contribution >= 0.6 is 0 Å². The minimum Gasteiger partial charge on any atom is -0.378 e. The van der Waals surface area contributed by atoms with E-state index in [1.54, 1.807) is 12.4 Å². The maximum Gasteiger partial charge on any atom is 0.320 e. The molecule has 37 heavy (non-hydrogen) atoms. The number of hydrogen-bond acceptors (Lipinski definition) is 6. The minimum absolute atomic E-state index is 0.0415. The Balaban J connectivity index is 1.25. The number of rotatable bonds is 2. The van der Waals surface area contributed by atoms with E-state index in [2.05, 4.69) is 37.2 Å². The lowest BCUT2D eigenvalue weighted by atomic mass is 9.88. The summed E-state index contributed by atoms with van der Waals surface area (Å²) >= 11 is 0. The Morgan fingerprint density at radius 3 is 2.81 bits per heavy atom. The summed E-state index contributed by atoms with van der Waals surface area (Å²) in [7, 11) is 0. The highest BCUT2D eigenvalue weighted by molar-refractivity contribution is 5.88. The number of H-pyrrole nitrogens is 1. The van der Waals surface area contributed by atoms with Gasteiger partial charge in [0.25, 0.3) is 0 Å². The van der Waals surface area contributed by atoms with Gasteiger partial charge in [-0.2, -0.15) is 0 Å². The highest BCUT2D eigenvalue weighted by Crippen LogP contribution is 2.36. The number of aromatic amines is 1. The number of urea groups is 1. The van der Waals surface area contributed by atoms with Crippen LogP contribution in [0.15, 0.2) is 24.5 Å². The van der Waals surface area contributed by atoms with Crippen LogP contribution in [0.4, 0.5) is 10.5 Å². The van der Waals surface area contributed by atoms with Gasteiger partial charge in [0.1, 0.15) is 11.2 Å². The Morgan fingerprint density at radius 2 is 2.03 bits per heavy atom. The van der Waals surface area contributed by atoms with Crippen LogP contribution in [0.1, 0.15) is 35.6 Å². The number of ether oxygens (including phenoxy) is 2. The number of morpholine rings is 2. The Bertz CT molecular complexity index is 1390. The molecule has 0 spiro atoms. The highest BCUT2D eigenvalue weighted by atomic mass is 16.5. The molecule has 7 rings (SSSR count). The SMILES string of the molecule is [C-]#[N+]c1c[nH]c2ncc(-c3cc4c(c([C@@H]5COCCN5)c3)CN(C(=O)N3C5CCC3COC5)CC4)nc12. The van der Waals surface area contributed by atoms with Gasteiger partial charge >= 0.3 is 6.03 Å². The lowest BCUT2D eigenvalue weighted by Gasteiger charge is -2.40. The lowest BCUT2D eigenvalue weighted by Crippen LogP contribution is -2.55. The number of carbonyl (C=O) groups is 1. The third kappa shape index (κ3) is 3.85. The lowest BCUT2D eigenvalue weighted by molar-refractivity contribution is -0.00296. The van der Waals surface area contributed by atoms with Gasteiger partial charge in [-0.05, 0) is 48.1 Å². The summed E-state index contributed by atoms with van der Waals surface area (Å²) in [5, 5.41) is 3.60. The number of hydrogen-bond donors (Lipinski definition) is 2. The van der Waals surface area contributed by atoms with E-state index in [1.165, 1.54) is 11.1 Å². The zero-order valence-electron chi connectivity index (χ0n) is 20.6. The second kappa shape index (κ2) is 9.10. The van der Waals surface area contributed by atoms with E-state index < -0.39 is 0 Å². The van der Waals surface area contributed by atoms with Crippen LogP contribution in [0.2, 0.25) is 0 Å². The number of nitrogens with one attached hydrogen (secondary N) is 2. The molecule has 0 aliphatic carbocycles. The fourth-order valence-corrected chi connectivity index (χ4v) is 6.29. The van der Waals surface area contributed by atoms with Gasteiger partial charge in [-0.3, -0.25) is 4.98 Å². The predicted octanol–water partition coefficient (Wildman–Crippen LogP) is 3.18. The van der Waals surface area contributed by atoms with Crippen molar-refractivity contribution >= 4 is 22.9 Å². The van der Waals surface area contributed by atoms with E-state index >= 15 is 0 Å². The monoisotopic (exact) mass is 499 g/mol. The fraction of sp³-hybridized carbons (Fsp3) is 0.481. The van der Waals surface area contributed by atoms with Crippen molar-refractivity contribution in [2.75, 3.05) is 39.5 Å². The molecule has 2 N–H and O–H groups in total. The van der Waals surface area contributed by atoms with Crippen molar-refractivity contribution in [2.45, 2.75) is 43.9 Å². The Morgan fingerprint density at radius 1 is 1.16 bits per heavy atom. The van der Waals surface area contributed by atoms with Crippen LogP contribution in [-0.2, 0) is 22.4 Å². The number of nitrogens with zero attached hydrogens (tertiary/aromatic N) is 5. The second-order valence-electron chi connectivity index (χ2n) is 10.3. The summed E-state index contributed by atoms with van der Waals surface area (Å²) in [6.07, 6.45) is 6.24. The van der Waals surface area contributed by atoms with Crippen LogP contribution < -0.4 is 5.32 Å². The molecule has 3 fully saturated rings. The summed E-state index contributed by atoms with van der Waals surface area (Å²) in [5.74, 6) is 0. The van der Waals surface area contributed by atoms with Gasteiger partial charge in [-0.15, -0.1) is 0 Å². The molecule has 3 aromatic rings. The molecule has 10 heteroatoms. The molecule has 0 saturated carbocycles. The van der Waals surface area contributed by atoms with E-state index in [1.807, 2.05) is 4.90 Å². The van der Waals surface area contributed by atoms with E-state index in [0.717, 1.165) is 42.6 Å². The summed E-state index contributed by atoms with van der Waals surface area (Å²) < 4.78 is 11.5. The first kappa shape index (κ1) is 22.7. The van der Waals surface area contributed by atoms with Gasteiger partial charge in [0.2, 0.25) is 5.69 Å². The van der Waals surface area contributed by atoms with Gasteiger partial charge in [0.15, 0.2) is 0 Å². The van der Waals surface area contributed by atoms with E-state index in [4.69, 9.17) is 21.0 Å². The number of amides is 2. The van der Waals surface area contributed by atoms with Gasteiger partial charge in [-0.1, -0.05) is 0 Å². The summed E-state index contributed by atoms with van der Waals surface area (Å²) in [6.45, 7) is 12.1. The first-order valence-electron chi connectivity index (χ1n) is 13.0. The largest absolute Gasteiger partial charge is 0.378 e. The third-order valence-electron chi connectivity index (χ3n) is 8.18. The smallest absolute Gasteiger partial charge is 0.320 e. The quantitative estimate of drug-likeness (QED) is 0.526. The van der Waals surface area contributed by atoms with Crippen molar-refractivity contribution in [3.63, 3.8) is 0 Å². The topological polar surface area (TPSA) is 100.0 Å². The zero-order valence-corrected chi connectivity index (χ0v) is 20.6. The first-order chi connectivity index (χ1) is 18.2. The molecule has 4 aliphatic rings. The Labute approximate surface area is 214 Å². The van der Waals surface area contributed by atoms with Crippen molar-refractivity contribution in [1.82, 2.24) is 30.1 Å². The standard InChI is InChI=1S/C27H29N7O3/c1-28-23-11-31-26-25(23)32-22(10-30-26)17-8-16-4-6-33(27(35)34-18-2-3-19(34)14-37-13-18)12-21(16)20(9-17)24-15-36-7-5-29-24/h8-11,18-19,24,29H,2-7,12-15H2,(H,30,31)/t18?,19?,24-/m0/s1. The number of carbonyl (C=O) groups excluding carboxylic acids is 1. The molecule has 2 unspecified atom stereocenters.